The highest BCUT2D eigenvalue weighted by molar-refractivity contribution is 7.92. The number of rotatable bonds is 9. The zero-order valence-corrected chi connectivity index (χ0v) is 17.7. The molecule has 0 radical (unpaired) electrons. The molecule has 0 amide bonds. The van der Waals surface area contributed by atoms with Crippen LogP contribution in [-0.4, -0.2) is 54.5 Å². The summed E-state index contributed by atoms with van der Waals surface area (Å²) < 4.78 is 48.0. The van der Waals surface area contributed by atoms with Crippen molar-refractivity contribution >= 4 is 33.3 Å². The van der Waals surface area contributed by atoms with Crippen LogP contribution in [0.2, 0.25) is 5.02 Å². The van der Waals surface area contributed by atoms with E-state index in [0.29, 0.717) is 10.1 Å². The lowest BCUT2D eigenvalue weighted by Gasteiger charge is -2.25. The monoisotopic (exact) mass is 445 g/mol. The quantitative estimate of drug-likeness (QED) is 0.627. The first kappa shape index (κ1) is 22.4. The molecule has 0 aliphatic rings. The van der Waals surface area contributed by atoms with Gasteiger partial charge in [0.1, 0.15) is 18.0 Å². The Morgan fingerprint density at radius 1 is 0.931 bits per heavy atom. The van der Waals surface area contributed by atoms with Gasteiger partial charge in [-0.1, -0.05) is 11.6 Å². The molecule has 11 heteroatoms. The van der Waals surface area contributed by atoms with Crippen LogP contribution < -0.4 is 23.3 Å². The molecule has 0 atom stereocenters. The third-order valence-electron chi connectivity index (χ3n) is 3.94. The molecular formula is C18H20ClNO8S. The maximum Gasteiger partial charge on any atom is 0.324 e. The molecule has 158 valence electrons. The number of ether oxygens (including phenoxy) is 4. The molecule has 0 aliphatic heterocycles. The molecule has 0 saturated heterocycles. The fourth-order valence-electron chi connectivity index (χ4n) is 2.57. The van der Waals surface area contributed by atoms with E-state index in [-0.39, 0.29) is 32.9 Å². The second-order valence-corrected chi connectivity index (χ2v) is 7.85. The zero-order chi connectivity index (χ0) is 21.8. The van der Waals surface area contributed by atoms with Crippen LogP contribution in [-0.2, 0) is 14.8 Å². The van der Waals surface area contributed by atoms with Gasteiger partial charge >= 0.3 is 5.97 Å². The molecule has 0 spiro atoms. The molecule has 0 fully saturated rings. The number of aliphatic carboxylic acids is 1. The molecule has 0 saturated carbocycles. The molecule has 0 aromatic heterocycles. The molecule has 9 nitrogen and oxygen atoms in total. The fraction of sp³-hybridized carbons (Fsp3) is 0.278. The Morgan fingerprint density at radius 2 is 1.52 bits per heavy atom. The predicted octanol–water partition coefficient (Wildman–Crippen LogP) is 2.65. The fourth-order valence-corrected chi connectivity index (χ4v) is 4.23. The van der Waals surface area contributed by atoms with E-state index in [0.717, 1.165) is 0 Å². The van der Waals surface area contributed by atoms with Crippen molar-refractivity contribution in [3.63, 3.8) is 0 Å². The molecule has 0 bridgehead atoms. The van der Waals surface area contributed by atoms with E-state index in [1.807, 2.05) is 0 Å². The van der Waals surface area contributed by atoms with Crippen molar-refractivity contribution in [1.82, 2.24) is 0 Å². The summed E-state index contributed by atoms with van der Waals surface area (Å²) in [5.41, 5.74) is -0.0501. The minimum Gasteiger partial charge on any atom is -0.495 e. The molecule has 29 heavy (non-hydrogen) atoms. The molecule has 2 rings (SSSR count). The number of hydrogen-bond donors (Lipinski definition) is 1. The van der Waals surface area contributed by atoms with Gasteiger partial charge in [-0.05, 0) is 12.1 Å². The largest absolute Gasteiger partial charge is 0.495 e. The highest BCUT2D eigenvalue weighted by atomic mass is 35.5. The maximum atomic E-state index is 13.3. The summed E-state index contributed by atoms with van der Waals surface area (Å²) in [6.07, 6.45) is 0. The summed E-state index contributed by atoms with van der Waals surface area (Å²) in [4.78, 5) is 11.3. The van der Waals surface area contributed by atoms with E-state index in [1.54, 1.807) is 0 Å². The average Bonchev–Trinajstić information content (AvgIpc) is 2.71. The number of carbonyl (C=O) groups is 1. The first-order valence-corrected chi connectivity index (χ1v) is 9.89. The SMILES string of the molecule is COc1cc(N(CC(=O)O)S(=O)(=O)c2ccc(OC)c(OC)c2)c(OC)cc1Cl. The van der Waals surface area contributed by atoms with Crippen LogP contribution in [0.25, 0.3) is 0 Å². The van der Waals surface area contributed by atoms with E-state index in [1.165, 1.54) is 58.8 Å². The van der Waals surface area contributed by atoms with Crippen LogP contribution in [0.1, 0.15) is 0 Å². The van der Waals surface area contributed by atoms with E-state index < -0.39 is 22.5 Å². The van der Waals surface area contributed by atoms with Crippen LogP contribution in [0.15, 0.2) is 35.2 Å². The lowest BCUT2D eigenvalue weighted by molar-refractivity contribution is -0.135. The zero-order valence-electron chi connectivity index (χ0n) is 16.1. The van der Waals surface area contributed by atoms with Gasteiger partial charge in [-0.15, -0.1) is 0 Å². The highest BCUT2D eigenvalue weighted by Crippen LogP contribution is 2.40. The van der Waals surface area contributed by atoms with Gasteiger partial charge in [-0.25, -0.2) is 8.42 Å². The number of benzene rings is 2. The van der Waals surface area contributed by atoms with Crippen molar-refractivity contribution in [2.45, 2.75) is 4.90 Å². The molecule has 0 aliphatic carbocycles. The first-order chi connectivity index (χ1) is 13.7. The van der Waals surface area contributed by atoms with Crippen LogP contribution in [0, 0.1) is 0 Å². The average molecular weight is 446 g/mol. The Bertz CT molecular complexity index is 1010. The van der Waals surface area contributed by atoms with Crippen LogP contribution in [0.5, 0.6) is 23.0 Å². The van der Waals surface area contributed by atoms with Gasteiger partial charge in [0.05, 0.1) is 44.0 Å². The first-order valence-electron chi connectivity index (χ1n) is 8.07. The van der Waals surface area contributed by atoms with Crippen molar-refractivity contribution in [2.24, 2.45) is 0 Å². The minimum absolute atomic E-state index is 0.0501. The molecule has 0 heterocycles. The third-order valence-corrected chi connectivity index (χ3v) is 5.99. The maximum absolute atomic E-state index is 13.3. The Kier molecular flexibility index (Phi) is 7.04. The normalized spacial score (nSPS) is 10.9. The molecule has 2 aromatic rings. The molecule has 2 aromatic carbocycles. The van der Waals surface area contributed by atoms with E-state index in [4.69, 9.17) is 30.5 Å². The van der Waals surface area contributed by atoms with Gasteiger partial charge in [0.25, 0.3) is 10.0 Å². The number of anilines is 1. The molecular weight excluding hydrogens is 426 g/mol. The van der Waals surface area contributed by atoms with Crippen molar-refractivity contribution in [3.05, 3.63) is 35.4 Å². The van der Waals surface area contributed by atoms with Crippen molar-refractivity contribution in [2.75, 3.05) is 39.3 Å². The summed E-state index contributed by atoms with van der Waals surface area (Å²) >= 11 is 6.08. The standard InChI is InChI=1S/C18H20ClNO8S/c1-25-14-6-5-11(7-17(14)28-4)29(23,24)20(10-18(21)22)13-9-15(26-2)12(19)8-16(13)27-3/h5-9H,10H2,1-4H3,(H,21,22). The van der Waals surface area contributed by atoms with Gasteiger partial charge < -0.3 is 24.1 Å². The van der Waals surface area contributed by atoms with E-state index >= 15 is 0 Å². The summed E-state index contributed by atoms with van der Waals surface area (Å²) in [6.45, 7) is -0.863. The van der Waals surface area contributed by atoms with Crippen LogP contribution in [0.4, 0.5) is 5.69 Å². The van der Waals surface area contributed by atoms with Crippen molar-refractivity contribution in [3.8, 4) is 23.0 Å². The Labute approximate surface area is 173 Å². The predicted molar refractivity (Wildman–Crippen MR) is 106 cm³/mol. The van der Waals surface area contributed by atoms with Gasteiger partial charge in [0, 0.05) is 18.2 Å². The Hall–Kier alpha value is -2.85. The highest BCUT2D eigenvalue weighted by Gasteiger charge is 2.31. The second-order valence-electron chi connectivity index (χ2n) is 5.58. The van der Waals surface area contributed by atoms with Crippen molar-refractivity contribution < 1.29 is 37.3 Å². The van der Waals surface area contributed by atoms with E-state index in [2.05, 4.69) is 0 Å². The number of carboxylic acid groups (broad SMARTS) is 1. The number of hydrogen-bond acceptors (Lipinski definition) is 7. The Balaban J connectivity index is 2.71. The number of nitrogens with zero attached hydrogens (tertiary/aromatic N) is 1. The van der Waals surface area contributed by atoms with Gasteiger partial charge in [-0.2, -0.15) is 0 Å². The van der Waals surface area contributed by atoms with E-state index in [9.17, 15) is 18.3 Å². The summed E-state index contributed by atoms with van der Waals surface area (Å²) in [5.74, 6) is -0.669. The van der Waals surface area contributed by atoms with Gasteiger partial charge in [0.2, 0.25) is 0 Å². The summed E-state index contributed by atoms with van der Waals surface area (Å²) in [7, 11) is 1.09. The lowest BCUT2D eigenvalue weighted by Crippen LogP contribution is -2.36. The molecule has 1 N–H and O–H groups in total. The number of carboxylic acids is 1. The number of sulfonamides is 1. The number of methoxy groups -OCH3 is 4. The Morgan fingerprint density at radius 3 is 2.03 bits per heavy atom. The number of halogens is 1. The third kappa shape index (κ3) is 4.60. The summed E-state index contributed by atoms with van der Waals surface area (Å²) in [5, 5.41) is 9.51. The lowest BCUT2D eigenvalue weighted by atomic mass is 10.2. The smallest absolute Gasteiger partial charge is 0.324 e. The van der Waals surface area contributed by atoms with Gasteiger partial charge in [0.15, 0.2) is 11.5 Å². The topological polar surface area (TPSA) is 112 Å². The second kappa shape index (κ2) is 9.10. The van der Waals surface area contributed by atoms with Crippen LogP contribution in [0.3, 0.4) is 0 Å². The van der Waals surface area contributed by atoms with Crippen molar-refractivity contribution in [1.29, 1.82) is 0 Å². The minimum atomic E-state index is -4.34. The van der Waals surface area contributed by atoms with Gasteiger partial charge in [-0.3, -0.25) is 9.10 Å². The molecule has 0 unspecified atom stereocenters. The summed E-state index contributed by atoms with van der Waals surface area (Å²) in [6, 6.07) is 6.56. The van der Waals surface area contributed by atoms with Crippen LogP contribution >= 0.6 is 11.6 Å².